The van der Waals surface area contributed by atoms with Crippen molar-refractivity contribution in [3.8, 4) is 0 Å². The number of carbonyl (C=O) groups excluding carboxylic acids is 2. The van der Waals surface area contributed by atoms with Crippen LogP contribution in [-0.2, 0) is 17.6 Å². The molecule has 5 heteroatoms. The molecule has 2 amide bonds. The van der Waals surface area contributed by atoms with E-state index in [-0.39, 0.29) is 11.8 Å². The van der Waals surface area contributed by atoms with Crippen molar-refractivity contribution in [1.82, 2.24) is 0 Å². The summed E-state index contributed by atoms with van der Waals surface area (Å²) in [5.74, 6) is 0.452. The van der Waals surface area contributed by atoms with E-state index in [0.717, 1.165) is 29.0 Å². The molecule has 1 atom stereocenters. The fourth-order valence-electron chi connectivity index (χ4n) is 3.59. The standard InChI is InChI=1S/C22H28N2O2S/c1-13-6-8-17(12-18(13)23-14(2)25)24-21(26)20-11-15-10-16(22(3,4)5)7-9-19(15)27-20/h6,8,11-12,16H,7,9-10H2,1-5H3,(H,23,25)(H,24,26). The maximum Gasteiger partial charge on any atom is 0.265 e. The summed E-state index contributed by atoms with van der Waals surface area (Å²) < 4.78 is 0. The zero-order valence-electron chi connectivity index (χ0n) is 16.7. The monoisotopic (exact) mass is 384 g/mol. The summed E-state index contributed by atoms with van der Waals surface area (Å²) in [6, 6.07) is 7.63. The molecule has 1 aromatic heterocycles. The fraction of sp³-hybridized carbons (Fsp3) is 0.455. The van der Waals surface area contributed by atoms with Crippen LogP contribution in [0.4, 0.5) is 11.4 Å². The molecular weight excluding hydrogens is 356 g/mol. The van der Waals surface area contributed by atoms with Crippen LogP contribution in [0, 0.1) is 18.3 Å². The fourth-order valence-corrected chi connectivity index (χ4v) is 4.70. The summed E-state index contributed by atoms with van der Waals surface area (Å²) in [5, 5.41) is 5.77. The van der Waals surface area contributed by atoms with Crippen molar-refractivity contribution in [3.05, 3.63) is 45.1 Å². The van der Waals surface area contributed by atoms with Gasteiger partial charge in [0, 0.05) is 23.2 Å². The molecule has 0 radical (unpaired) electrons. The summed E-state index contributed by atoms with van der Waals surface area (Å²) in [6.07, 6.45) is 3.31. The zero-order valence-corrected chi connectivity index (χ0v) is 17.5. The molecule has 0 saturated heterocycles. The molecule has 0 bridgehead atoms. The first kappa shape index (κ1) is 19.6. The normalized spacial score (nSPS) is 16.6. The highest BCUT2D eigenvalue weighted by Crippen LogP contribution is 2.40. The number of carbonyl (C=O) groups is 2. The molecule has 27 heavy (non-hydrogen) atoms. The largest absolute Gasteiger partial charge is 0.326 e. The van der Waals surface area contributed by atoms with Crippen LogP contribution in [0.5, 0.6) is 0 Å². The maximum absolute atomic E-state index is 12.7. The first-order chi connectivity index (χ1) is 12.6. The SMILES string of the molecule is CC(=O)Nc1cc(NC(=O)c2cc3c(s2)CCC(C(C)(C)C)C3)ccc1C. The van der Waals surface area contributed by atoms with E-state index in [1.165, 1.54) is 23.8 Å². The molecule has 0 fully saturated rings. The van der Waals surface area contributed by atoms with Crippen molar-refractivity contribution in [2.45, 2.75) is 53.9 Å². The molecule has 1 aliphatic rings. The first-order valence-electron chi connectivity index (χ1n) is 9.44. The quantitative estimate of drug-likeness (QED) is 0.742. The van der Waals surface area contributed by atoms with E-state index in [9.17, 15) is 9.59 Å². The minimum atomic E-state index is -0.124. The number of rotatable bonds is 3. The maximum atomic E-state index is 12.7. The Bertz CT molecular complexity index is 877. The highest BCUT2D eigenvalue weighted by atomic mass is 32.1. The summed E-state index contributed by atoms with van der Waals surface area (Å²) in [4.78, 5) is 26.2. The van der Waals surface area contributed by atoms with Crippen molar-refractivity contribution < 1.29 is 9.59 Å². The molecule has 144 valence electrons. The lowest BCUT2D eigenvalue weighted by atomic mass is 9.72. The van der Waals surface area contributed by atoms with Crippen molar-refractivity contribution >= 4 is 34.5 Å². The van der Waals surface area contributed by atoms with E-state index in [4.69, 9.17) is 0 Å². The van der Waals surface area contributed by atoms with Crippen LogP contribution in [-0.4, -0.2) is 11.8 Å². The average Bonchev–Trinajstić information content (AvgIpc) is 3.00. The molecule has 1 heterocycles. The van der Waals surface area contributed by atoms with Gasteiger partial charge in [-0.05, 0) is 66.8 Å². The molecule has 0 spiro atoms. The van der Waals surface area contributed by atoms with Crippen molar-refractivity contribution in [1.29, 1.82) is 0 Å². The van der Waals surface area contributed by atoms with Gasteiger partial charge in [0.15, 0.2) is 0 Å². The van der Waals surface area contributed by atoms with Crippen molar-refractivity contribution in [2.24, 2.45) is 11.3 Å². The number of aryl methyl sites for hydroxylation is 2. The molecule has 2 aromatic rings. The van der Waals surface area contributed by atoms with Gasteiger partial charge in [0.25, 0.3) is 5.91 Å². The van der Waals surface area contributed by atoms with Crippen molar-refractivity contribution in [2.75, 3.05) is 10.6 Å². The number of amides is 2. The summed E-state index contributed by atoms with van der Waals surface area (Å²) in [7, 11) is 0. The molecule has 3 rings (SSSR count). The molecule has 0 aliphatic heterocycles. The van der Waals surface area contributed by atoms with Gasteiger partial charge in [-0.1, -0.05) is 26.8 Å². The van der Waals surface area contributed by atoms with Crippen molar-refractivity contribution in [3.63, 3.8) is 0 Å². The predicted octanol–water partition coefficient (Wildman–Crippen LogP) is 5.42. The minimum Gasteiger partial charge on any atom is -0.326 e. The Morgan fingerprint density at radius 3 is 2.56 bits per heavy atom. The van der Waals surface area contributed by atoms with Crippen LogP contribution in [0.15, 0.2) is 24.3 Å². The van der Waals surface area contributed by atoms with Crippen LogP contribution in [0.25, 0.3) is 0 Å². The Morgan fingerprint density at radius 1 is 1.15 bits per heavy atom. The molecular formula is C22H28N2O2S. The summed E-state index contributed by atoms with van der Waals surface area (Å²) >= 11 is 1.61. The van der Waals surface area contributed by atoms with Crippen LogP contribution >= 0.6 is 11.3 Å². The highest BCUT2D eigenvalue weighted by molar-refractivity contribution is 7.14. The van der Waals surface area contributed by atoms with Gasteiger partial charge >= 0.3 is 0 Å². The Labute approximate surface area is 165 Å². The lowest BCUT2D eigenvalue weighted by molar-refractivity contribution is -0.114. The Kier molecular flexibility index (Phi) is 5.43. The predicted molar refractivity (Wildman–Crippen MR) is 113 cm³/mol. The lowest BCUT2D eigenvalue weighted by Gasteiger charge is -2.33. The Morgan fingerprint density at radius 2 is 1.89 bits per heavy atom. The molecule has 1 aromatic carbocycles. The minimum absolute atomic E-state index is 0.0839. The molecule has 1 aliphatic carbocycles. The third-order valence-corrected chi connectivity index (χ3v) is 6.57. The van der Waals surface area contributed by atoms with Crippen LogP contribution in [0.1, 0.15) is 59.8 Å². The third-order valence-electron chi connectivity index (χ3n) is 5.34. The lowest BCUT2D eigenvalue weighted by Crippen LogP contribution is -2.26. The first-order valence-corrected chi connectivity index (χ1v) is 10.3. The van der Waals surface area contributed by atoms with Gasteiger partial charge in [-0.15, -0.1) is 11.3 Å². The number of benzene rings is 1. The number of hydrogen-bond acceptors (Lipinski definition) is 3. The summed E-state index contributed by atoms with van der Waals surface area (Å²) in [5.41, 5.74) is 4.00. The molecule has 2 N–H and O–H groups in total. The number of fused-ring (bicyclic) bond motifs is 1. The second kappa shape index (κ2) is 7.47. The second-order valence-electron chi connectivity index (χ2n) is 8.53. The van der Waals surface area contributed by atoms with E-state index in [1.807, 2.05) is 19.1 Å². The van der Waals surface area contributed by atoms with Gasteiger partial charge in [0.2, 0.25) is 5.91 Å². The van der Waals surface area contributed by atoms with E-state index < -0.39 is 0 Å². The number of anilines is 2. The summed E-state index contributed by atoms with van der Waals surface area (Å²) in [6.45, 7) is 10.3. The van der Waals surface area contributed by atoms with Gasteiger partial charge in [-0.3, -0.25) is 9.59 Å². The van der Waals surface area contributed by atoms with Crippen LogP contribution in [0.3, 0.4) is 0 Å². The van der Waals surface area contributed by atoms with Gasteiger partial charge in [0.05, 0.1) is 4.88 Å². The number of nitrogens with one attached hydrogen (secondary N) is 2. The third kappa shape index (κ3) is 4.59. The molecule has 4 nitrogen and oxygen atoms in total. The number of thiophene rings is 1. The smallest absolute Gasteiger partial charge is 0.265 e. The average molecular weight is 385 g/mol. The zero-order chi connectivity index (χ0) is 19.8. The van der Waals surface area contributed by atoms with Gasteiger partial charge in [-0.25, -0.2) is 0 Å². The number of hydrogen-bond donors (Lipinski definition) is 2. The topological polar surface area (TPSA) is 58.2 Å². The van der Waals surface area contributed by atoms with E-state index in [0.29, 0.717) is 17.0 Å². The van der Waals surface area contributed by atoms with Gasteiger partial charge in [-0.2, -0.15) is 0 Å². The van der Waals surface area contributed by atoms with Gasteiger partial charge < -0.3 is 10.6 Å². The molecule has 1 unspecified atom stereocenters. The van der Waals surface area contributed by atoms with Gasteiger partial charge in [0.1, 0.15) is 0 Å². The second-order valence-corrected chi connectivity index (χ2v) is 9.67. The van der Waals surface area contributed by atoms with E-state index in [1.54, 1.807) is 17.4 Å². The highest BCUT2D eigenvalue weighted by Gasteiger charge is 2.30. The Balaban J connectivity index is 1.75. The van der Waals surface area contributed by atoms with E-state index >= 15 is 0 Å². The van der Waals surface area contributed by atoms with Crippen LogP contribution < -0.4 is 10.6 Å². The Hall–Kier alpha value is -2.14. The van der Waals surface area contributed by atoms with Crippen LogP contribution in [0.2, 0.25) is 0 Å². The molecule has 0 saturated carbocycles. The van der Waals surface area contributed by atoms with E-state index in [2.05, 4.69) is 37.5 Å².